The molecule has 0 radical (unpaired) electrons. The summed E-state index contributed by atoms with van der Waals surface area (Å²) in [5.41, 5.74) is 0. The van der Waals surface area contributed by atoms with Crippen molar-refractivity contribution in [3.8, 4) is 5.75 Å². The summed E-state index contributed by atoms with van der Waals surface area (Å²) >= 11 is 3.34. The predicted molar refractivity (Wildman–Crippen MR) is 70.7 cm³/mol. The summed E-state index contributed by atoms with van der Waals surface area (Å²) in [5, 5.41) is 0. The SMILES string of the molecule is CC1CCC(Oc2cc(Br)ccc2F)CC1C. The van der Waals surface area contributed by atoms with Gasteiger partial charge in [0, 0.05) is 4.47 Å². The molecule has 0 bridgehead atoms. The molecule has 3 heteroatoms. The van der Waals surface area contributed by atoms with Gasteiger partial charge in [0.2, 0.25) is 0 Å². The number of rotatable bonds is 2. The molecule has 0 saturated heterocycles. The van der Waals surface area contributed by atoms with Gasteiger partial charge in [-0.15, -0.1) is 0 Å². The number of benzene rings is 1. The first-order chi connectivity index (χ1) is 8.06. The van der Waals surface area contributed by atoms with E-state index in [1.165, 1.54) is 12.5 Å². The fraction of sp³-hybridized carbons (Fsp3) is 0.571. The zero-order chi connectivity index (χ0) is 12.4. The van der Waals surface area contributed by atoms with Gasteiger partial charge in [-0.1, -0.05) is 29.8 Å². The Kier molecular flexibility index (Phi) is 4.08. The third kappa shape index (κ3) is 3.21. The van der Waals surface area contributed by atoms with Crippen LogP contribution >= 0.6 is 15.9 Å². The molecule has 1 nitrogen and oxygen atoms in total. The molecule has 0 heterocycles. The van der Waals surface area contributed by atoms with Gasteiger partial charge in [-0.3, -0.25) is 0 Å². The van der Waals surface area contributed by atoms with Crippen LogP contribution in [0.3, 0.4) is 0 Å². The van der Waals surface area contributed by atoms with E-state index in [1.807, 2.05) is 0 Å². The molecule has 3 unspecified atom stereocenters. The molecule has 0 spiro atoms. The van der Waals surface area contributed by atoms with Crippen LogP contribution in [0.4, 0.5) is 4.39 Å². The lowest BCUT2D eigenvalue weighted by Crippen LogP contribution is -2.29. The van der Waals surface area contributed by atoms with E-state index in [0.717, 1.165) is 23.2 Å². The molecular formula is C14H18BrFO. The van der Waals surface area contributed by atoms with Crippen LogP contribution < -0.4 is 4.74 Å². The number of hydrogen-bond donors (Lipinski definition) is 0. The second-order valence-corrected chi connectivity index (χ2v) is 6.00. The predicted octanol–water partition coefficient (Wildman–Crippen LogP) is 4.79. The highest BCUT2D eigenvalue weighted by Gasteiger charge is 2.26. The lowest BCUT2D eigenvalue weighted by molar-refractivity contribution is 0.0967. The molecule has 0 aromatic heterocycles. The summed E-state index contributed by atoms with van der Waals surface area (Å²) < 4.78 is 20.2. The van der Waals surface area contributed by atoms with Crippen molar-refractivity contribution in [2.45, 2.75) is 39.2 Å². The first kappa shape index (κ1) is 12.9. The smallest absolute Gasteiger partial charge is 0.165 e. The second-order valence-electron chi connectivity index (χ2n) is 5.08. The first-order valence-corrected chi connectivity index (χ1v) is 6.97. The van der Waals surface area contributed by atoms with Crippen LogP contribution in [0.1, 0.15) is 33.1 Å². The van der Waals surface area contributed by atoms with Gasteiger partial charge in [-0.05, 0) is 49.3 Å². The Hall–Kier alpha value is -0.570. The highest BCUT2D eigenvalue weighted by molar-refractivity contribution is 9.10. The molecule has 1 aliphatic rings. The Morgan fingerprint density at radius 3 is 2.71 bits per heavy atom. The summed E-state index contributed by atoms with van der Waals surface area (Å²) in [6, 6.07) is 4.83. The third-order valence-electron chi connectivity index (χ3n) is 3.74. The van der Waals surface area contributed by atoms with Crippen molar-refractivity contribution in [1.29, 1.82) is 0 Å². The normalized spacial score (nSPS) is 29.1. The lowest BCUT2D eigenvalue weighted by atomic mass is 9.80. The molecule has 17 heavy (non-hydrogen) atoms. The standard InChI is InChI=1S/C14H18BrFO/c1-9-3-5-12(7-10(9)2)17-14-8-11(15)4-6-13(14)16/h4,6,8-10,12H,3,5,7H2,1-2H3. The van der Waals surface area contributed by atoms with E-state index in [2.05, 4.69) is 29.8 Å². The first-order valence-electron chi connectivity index (χ1n) is 6.18. The van der Waals surface area contributed by atoms with E-state index in [0.29, 0.717) is 11.7 Å². The largest absolute Gasteiger partial charge is 0.487 e. The number of hydrogen-bond acceptors (Lipinski definition) is 1. The molecule has 1 aromatic carbocycles. The molecule has 2 rings (SSSR count). The van der Waals surface area contributed by atoms with E-state index in [4.69, 9.17) is 4.74 Å². The van der Waals surface area contributed by atoms with E-state index >= 15 is 0 Å². The molecular weight excluding hydrogens is 283 g/mol. The molecule has 3 atom stereocenters. The number of halogens is 2. The Labute approximate surface area is 110 Å². The maximum atomic E-state index is 13.6. The molecule has 0 aliphatic heterocycles. The van der Waals surface area contributed by atoms with Crippen molar-refractivity contribution in [1.82, 2.24) is 0 Å². The highest BCUT2D eigenvalue weighted by atomic mass is 79.9. The van der Waals surface area contributed by atoms with Crippen molar-refractivity contribution in [3.05, 3.63) is 28.5 Å². The van der Waals surface area contributed by atoms with Crippen LogP contribution in [-0.4, -0.2) is 6.10 Å². The minimum absolute atomic E-state index is 0.157. The van der Waals surface area contributed by atoms with E-state index in [-0.39, 0.29) is 11.9 Å². The molecule has 1 fully saturated rings. The Balaban J connectivity index is 2.03. The van der Waals surface area contributed by atoms with Crippen molar-refractivity contribution < 1.29 is 9.13 Å². The molecule has 0 amide bonds. The van der Waals surface area contributed by atoms with E-state index < -0.39 is 0 Å². The maximum Gasteiger partial charge on any atom is 0.165 e. The van der Waals surface area contributed by atoms with Gasteiger partial charge in [0.25, 0.3) is 0 Å². The lowest BCUT2D eigenvalue weighted by Gasteiger charge is -2.32. The minimum atomic E-state index is -0.278. The quantitative estimate of drug-likeness (QED) is 0.763. The Bertz CT molecular complexity index is 394. The average Bonchev–Trinajstić information content (AvgIpc) is 2.29. The van der Waals surface area contributed by atoms with Crippen molar-refractivity contribution >= 4 is 15.9 Å². The van der Waals surface area contributed by atoms with Gasteiger partial charge in [0.05, 0.1) is 6.10 Å². The summed E-state index contributed by atoms with van der Waals surface area (Å²) in [7, 11) is 0. The molecule has 1 aromatic rings. The van der Waals surface area contributed by atoms with Crippen LogP contribution in [0.25, 0.3) is 0 Å². The maximum absolute atomic E-state index is 13.6. The fourth-order valence-corrected chi connectivity index (χ4v) is 2.69. The summed E-state index contributed by atoms with van der Waals surface area (Å²) in [6.07, 6.45) is 3.37. The average molecular weight is 301 g/mol. The fourth-order valence-electron chi connectivity index (χ4n) is 2.35. The molecule has 1 aliphatic carbocycles. The van der Waals surface area contributed by atoms with Crippen molar-refractivity contribution in [2.75, 3.05) is 0 Å². The zero-order valence-electron chi connectivity index (χ0n) is 10.2. The van der Waals surface area contributed by atoms with Crippen LogP contribution in [0.2, 0.25) is 0 Å². The summed E-state index contributed by atoms with van der Waals surface area (Å²) in [6.45, 7) is 4.53. The molecule has 0 N–H and O–H groups in total. The van der Waals surface area contributed by atoms with Crippen LogP contribution in [-0.2, 0) is 0 Å². The molecule has 94 valence electrons. The van der Waals surface area contributed by atoms with Gasteiger partial charge in [0.1, 0.15) is 0 Å². The van der Waals surface area contributed by atoms with Crippen LogP contribution in [0.5, 0.6) is 5.75 Å². The van der Waals surface area contributed by atoms with Gasteiger partial charge in [-0.25, -0.2) is 4.39 Å². The third-order valence-corrected chi connectivity index (χ3v) is 4.23. The topological polar surface area (TPSA) is 9.23 Å². The van der Waals surface area contributed by atoms with E-state index in [9.17, 15) is 4.39 Å². The summed E-state index contributed by atoms with van der Waals surface area (Å²) in [4.78, 5) is 0. The summed E-state index contributed by atoms with van der Waals surface area (Å²) in [5.74, 6) is 1.50. The zero-order valence-corrected chi connectivity index (χ0v) is 11.8. The van der Waals surface area contributed by atoms with Crippen molar-refractivity contribution in [3.63, 3.8) is 0 Å². The number of ether oxygens (including phenoxy) is 1. The Morgan fingerprint density at radius 1 is 1.24 bits per heavy atom. The minimum Gasteiger partial charge on any atom is -0.487 e. The van der Waals surface area contributed by atoms with Gasteiger partial charge >= 0.3 is 0 Å². The highest BCUT2D eigenvalue weighted by Crippen LogP contribution is 2.33. The van der Waals surface area contributed by atoms with Crippen LogP contribution in [0, 0.1) is 17.7 Å². The van der Waals surface area contributed by atoms with E-state index in [1.54, 1.807) is 12.1 Å². The second kappa shape index (κ2) is 5.38. The van der Waals surface area contributed by atoms with Crippen LogP contribution in [0.15, 0.2) is 22.7 Å². The molecule has 1 saturated carbocycles. The van der Waals surface area contributed by atoms with Crippen molar-refractivity contribution in [2.24, 2.45) is 11.8 Å². The van der Waals surface area contributed by atoms with Gasteiger partial charge in [0.15, 0.2) is 11.6 Å². The van der Waals surface area contributed by atoms with Gasteiger partial charge in [-0.2, -0.15) is 0 Å². The van der Waals surface area contributed by atoms with Gasteiger partial charge < -0.3 is 4.74 Å². The Morgan fingerprint density at radius 2 is 2.00 bits per heavy atom. The monoisotopic (exact) mass is 300 g/mol.